The molecular formula is C21H19BrFN5O3S. The maximum absolute atomic E-state index is 15.5. The lowest BCUT2D eigenvalue weighted by Gasteiger charge is -2.14. The molecule has 2 heterocycles. The summed E-state index contributed by atoms with van der Waals surface area (Å²) in [6, 6.07) is 7.51. The monoisotopic (exact) mass is 519 g/mol. The normalized spacial score (nSPS) is 11.8. The molecule has 0 radical (unpaired) electrons. The van der Waals surface area contributed by atoms with Gasteiger partial charge in [0.05, 0.1) is 17.7 Å². The summed E-state index contributed by atoms with van der Waals surface area (Å²) in [5, 5.41) is 9.99. The number of nitrogens with one attached hydrogen (secondary N) is 1. The van der Waals surface area contributed by atoms with E-state index in [4.69, 9.17) is 5.73 Å². The third-order valence-electron chi connectivity index (χ3n) is 5.03. The third kappa shape index (κ3) is 3.72. The summed E-state index contributed by atoms with van der Waals surface area (Å²) in [5.74, 6) is -0.575. The van der Waals surface area contributed by atoms with Crippen molar-refractivity contribution in [3.63, 3.8) is 0 Å². The fourth-order valence-corrected chi connectivity index (χ4v) is 5.83. The van der Waals surface area contributed by atoms with E-state index < -0.39 is 15.8 Å². The topological polar surface area (TPSA) is 123 Å². The molecule has 0 spiro atoms. The van der Waals surface area contributed by atoms with Crippen molar-refractivity contribution in [3.05, 3.63) is 64.3 Å². The van der Waals surface area contributed by atoms with Gasteiger partial charge in [-0.2, -0.15) is 0 Å². The zero-order chi connectivity index (χ0) is 23.2. The van der Waals surface area contributed by atoms with Gasteiger partial charge >= 0.3 is 0 Å². The van der Waals surface area contributed by atoms with Gasteiger partial charge in [-0.05, 0) is 46.1 Å². The molecule has 0 amide bonds. The molecule has 0 aliphatic heterocycles. The molecule has 0 atom stereocenters. The maximum atomic E-state index is 15.5. The van der Waals surface area contributed by atoms with Gasteiger partial charge in [-0.15, -0.1) is 0 Å². The predicted octanol–water partition coefficient (Wildman–Crippen LogP) is 3.72. The number of nitrogens with two attached hydrogens (primary N) is 1. The minimum atomic E-state index is -4.17. The van der Waals surface area contributed by atoms with Gasteiger partial charge in [-0.3, -0.25) is 4.72 Å². The smallest absolute Gasteiger partial charge is 0.263 e. The van der Waals surface area contributed by atoms with Crippen LogP contribution in [0, 0.1) is 12.7 Å². The number of rotatable bonds is 5. The number of hydrogen-bond acceptors (Lipinski definition) is 6. The van der Waals surface area contributed by atoms with E-state index in [9.17, 15) is 13.5 Å². The van der Waals surface area contributed by atoms with E-state index in [0.717, 1.165) is 0 Å². The maximum Gasteiger partial charge on any atom is 0.263 e. The number of sulfonamides is 1. The number of halogens is 2. The van der Waals surface area contributed by atoms with E-state index in [1.807, 2.05) is 0 Å². The van der Waals surface area contributed by atoms with Crippen LogP contribution in [0.4, 0.5) is 15.9 Å². The Hall–Kier alpha value is -3.02. The van der Waals surface area contributed by atoms with E-state index in [1.54, 1.807) is 36.9 Å². The minimum absolute atomic E-state index is 0.103. The Morgan fingerprint density at radius 1 is 1.25 bits per heavy atom. The van der Waals surface area contributed by atoms with Gasteiger partial charge in [0.15, 0.2) is 5.82 Å². The molecule has 166 valence electrons. The number of aliphatic hydroxyl groups excluding tert-OH is 1. The molecule has 0 fully saturated rings. The molecule has 0 unspecified atom stereocenters. The molecule has 4 rings (SSSR count). The van der Waals surface area contributed by atoms with Crippen molar-refractivity contribution in [2.45, 2.75) is 18.4 Å². The third-order valence-corrected chi connectivity index (χ3v) is 7.62. The highest BCUT2D eigenvalue weighted by molar-refractivity contribution is 9.10. The van der Waals surface area contributed by atoms with Gasteiger partial charge in [0, 0.05) is 28.8 Å². The van der Waals surface area contributed by atoms with E-state index in [1.165, 1.54) is 24.5 Å². The number of aliphatic hydroxyl groups is 1. The van der Waals surface area contributed by atoms with E-state index in [0.29, 0.717) is 27.7 Å². The quantitative estimate of drug-likeness (QED) is 0.369. The summed E-state index contributed by atoms with van der Waals surface area (Å²) < 4.78 is 45.9. The standard InChI is InChI=1S/C21H19BrFN5O3S/c1-11-6-12(9-29)18(22)16(7-11)32(30,31)27-15-5-3-4-13(19(15)23)14-8-28(2)21-17(14)20(24)25-10-26-21/h3-8,10,27,29H,9H2,1-2H3,(H2,24,25,26). The highest BCUT2D eigenvalue weighted by atomic mass is 79.9. The number of fused-ring (bicyclic) bond motifs is 1. The Kier molecular flexibility index (Phi) is 5.65. The van der Waals surface area contributed by atoms with Crippen LogP contribution >= 0.6 is 15.9 Å². The Labute approximate surface area is 192 Å². The molecule has 2 aromatic heterocycles. The van der Waals surface area contributed by atoms with Crippen molar-refractivity contribution >= 4 is 48.5 Å². The minimum Gasteiger partial charge on any atom is -0.392 e. The second-order valence-electron chi connectivity index (χ2n) is 7.28. The summed E-state index contributed by atoms with van der Waals surface area (Å²) in [5.41, 5.74) is 7.94. The van der Waals surface area contributed by atoms with Crippen molar-refractivity contribution in [2.75, 3.05) is 10.5 Å². The molecule has 0 aliphatic rings. The van der Waals surface area contributed by atoms with Crippen LogP contribution in [-0.2, 0) is 23.7 Å². The average molecular weight is 520 g/mol. The first-order valence-corrected chi connectivity index (χ1v) is 11.7. The summed E-state index contributed by atoms with van der Waals surface area (Å²) in [6.45, 7) is 1.36. The zero-order valence-corrected chi connectivity index (χ0v) is 19.5. The largest absolute Gasteiger partial charge is 0.392 e. The molecular weight excluding hydrogens is 501 g/mol. The molecule has 32 heavy (non-hydrogen) atoms. The Bertz CT molecular complexity index is 1470. The van der Waals surface area contributed by atoms with E-state index in [-0.39, 0.29) is 33.0 Å². The van der Waals surface area contributed by atoms with Crippen molar-refractivity contribution in [1.29, 1.82) is 0 Å². The predicted molar refractivity (Wildman–Crippen MR) is 124 cm³/mol. The van der Waals surface area contributed by atoms with Crippen LogP contribution < -0.4 is 10.5 Å². The van der Waals surface area contributed by atoms with Crippen molar-refractivity contribution in [3.8, 4) is 11.1 Å². The van der Waals surface area contributed by atoms with Crippen LogP contribution in [0.1, 0.15) is 11.1 Å². The molecule has 8 nitrogen and oxygen atoms in total. The molecule has 4 aromatic rings. The molecule has 4 N–H and O–H groups in total. The van der Waals surface area contributed by atoms with Crippen LogP contribution in [0.25, 0.3) is 22.2 Å². The molecule has 2 aromatic carbocycles. The van der Waals surface area contributed by atoms with Crippen LogP contribution in [0.5, 0.6) is 0 Å². The Morgan fingerprint density at radius 3 is 2.72 bits per heavy atom. The van der Waals surface area contributed by atoms with Gasteiger partial charge in [0.2, 0.25) is 0 Å². The number of anilines is 2. The van der Waals surface area contributed by atoms with Gasteiger partial charge in [0.25, 0.3) is 10.0 Å². The SMILES string of the molecule is Cc1cc(CO)c(Br)c(S(=O)(=O)Nc2cccc(-c3cn(C)c4ncnc(N)c34)c2F)c1. The van der Waals surface area contributed by atoms with E-state index in [2.05, 4.69) is 30.6 Å². The highest BCUT2D eigenvalue weighted by Gasteiger charge is 2.24. The fourth-order valence-electron chi connectivity index (χ4n) is 3.58. The summed E-state index contributed by atoms with van der Waals surface area (Å²) in [4.78, 5) is 8.07. The first kappa shape index (κ1) is 22.2. The lowest BCUT2D eigenvalue weighted by molar-refractivity contribution is 0.280. The molecule has 0 aliphatic carbocycles. The Morgan fingerprint density at radius 2 is 2.00 bits per heavy atom. The number of aryl methyl sites for hydroxylation is 2. The second kappa shape index (κ2) is 8.15. The first-order valence-electron chi connectivity index (χ1n) is 9.41. The van der Waals surface area contributed by atoms with Gasteiger partial charge in [-0.25, -0.2) is 22.8 Å². The first-order chi connectivity index (χ1) is 15.1. The van der Waals surface area contributed by atoms with Gasteiger partial charge in [-0.1, -0.05) is 18.2 Å². The van der Waals surface area contributed by atoms with Crippen molar-refractivity contribution in [2.24, 2.45) is 7.05 Å². The fraction of sp³-hybridized carbons (Fsp3) is 0.143. The lowest BCUT2D eigenvalue weighted by Crippen LogP contribution is -2.15. The van der Waals surface area contributed by atoms with Crippen LogP contribution in [0.15, 0.2) is 52.2 Å². The second-order valence-corrected chi connectivity index (χ2v) is 9.72. The number of hydrogen-bond donors (Lipinski definition) is 3. The highest BCUT2D eigenvalue weighted by Crippen LogP contribution is 2.36. The number of benzene rings is 2. The summed E-state index contributed by atoms with van der Waals surface area (Å²) in [6.07, 6.45) is 2.99. The summed E-state index contributed by atoms with van der Waals surface area (Å²) >= 11 is 3.23. The molecule has 11 heteroatoms. The molecule has 0 saturated carbocycles. The Balaban J connectivity index is 1.83. The van der Waals surface area contributed by atoms with Gasteiger partial charge < -0.3 is 15.4 Å². The summed E-state index contributed by atoms with van der Waals surface area (Å²) in [7, 11) is -2.42. The number of nitrogen functional groups attached to an aromatic ring is 1. The zero-order valence-electron chi connectivity index (χ0n) is 17.1. The van der Waals surface area contributed by atoms with Crippen LogP contribution in [-0.4, -0.2) is 28.1 Å². The molecule has 0 bridgehead atoms. The van der Waals surface area contributed by atoms with Gasteiger partial charge in [0.1, 0.15) is 22.7 Å². The van der Waals surface area contributed by atoms with Crippen LogP contribution in [0.2, 0.25) is 0 Å². The van der Waals surface area contributed by atoms with E-state index >= 15 is 4.39 Å². The molecule has 0 saturated heterocycles. The average Bonchev–Trinajstić information content (AvgIpc) is 3.08. The number of nitrogens with zero attached hydrogens (tertiary/aromatic N) is 3. The van der Waals surface area contributed by atoms with Crippen LogP contribution in [0.3, 0.4) is 0 Å². The van der Waals surface area contributed by atoms with Crippen molar-refractivity contribution in [1.82, 2.24) is 14.5 Å². The van der Waals surface area contributed by atoms with Crippen molar-refractivity contribution < 1.29 is 17.9 Å². The lowest BCUT2D eigenvalue weighted by atomic mass is 10.0. The number of aromatic nitrogens is 3.